The zero-order chi connectivity index (χ0) is 13.8. The topological polar surface area (TPSA) is 72.8 Å². The molecule has 2 rings (SSSR count). The van der Waals surface area contributed by atoms with Crippen molar-refractivity contribution in [1.82, 2.24) is 10.2 Å². The molecule has 3 unspecified atom stereocenters. The highest BCUT2D eigenvalue weighted by Gasteiger charge is 2.38. The monoisotopic (exact) mass is 270 g/mol. The van der Waals surface area contributed by atoms with Gasteiger partial charge in [0, 0.05) is 31.8 Å². The van der Waals surface area contributed by atoms with Crippen LogP contribution >= 0.6 is 0 Å². The maximum Gasteiger partial charge on any atom is 0.307 e. The van der Waals surface area contributed by atoms with E-state index in [1.54, 1.807) is 0 Å². The number of nitrogens with one attached hydrogen (secondary N) is 1. The summed E-state index contributed by atoms with van der Waals surface area (Å²) < 4.78 is 0. The number of aliphatic carboxylic acids is 1. The van der Waals surface area contributed by atoms with Gasteiger partial charge in [0.05, 0.1) is 5.92 Å². The summed E-state index contributed by atoms with van der Waals surface area (Å²) in [4.78, 5) is 13.6. The van der Waals surface area contributed by atoms with E-state index in [2.05, 4.69) is 17.1 Å². The molecule has 0 aromatic carbocycles. The number of carbonyl (C=O) groups is 1. The smallest absolute Gasteiger partial charge is 0.307 e. The van der Waals surface area contributed by atoms with Gasteiger partial charge in [-0.2, -0.15) is 0 Å². The van der Waals surface area contributed by atoms with Crippen LogP contribution in [0.1, 0.15) is 32.6 Å². The van der Waals surface area contributed by atoms with Crippen LogP contribution in [0.3, 0.4) is 0 Å². The number of hydrogen-bond donors (Lipinski definition) is 3. The zero-order valence-electron chi connectivity index (χ0n) is 11.7. The molecule has 19 heavy (non-hydrogen) atoms. The maximum atomic E-state index is 11.3. The number of aliphatic hydroxyl groups is 1. The van der Waals surface area contributed by atoms with E-state index >= 15 is 0 Å². The van der Waals surface area contributed by atoms with Crippen molar-refractivity contribution < 1.29 is 15.0 Å². The van der Waals surface area contributed by atoms with Gasteiger partial charge in [-0.25, -0.2) is 0 Å². The van der Waals surface area contributed by atoms with Crippen molar-refractivity contribution in [3.05, 3.63) is 0 Å². The molecule has 0 spiro atoms. The number of carboxylic acid groups (broad SMARTS) is 1. The van der Waals surface area contributed by atoms with E-state index in [9.17, 15) is 9.90 Å². The number of aliphatic hydroxyl groups excluding tert-OH is 1. The van der Waals surface area contributed by atoms with Gasteiger partial charge in [-0.05, 0) is 45.1 Å². The van der Waals surface area contributed by atoms with Crippen LogP contribution in [0.4, 0.5) is 0 Å². The lowest BCUT2D eigenvalue weighted by atomic mass is 9.92. The predicted octanol–water partition coefficient (Wildman–Crippen LogP) is 0.532. The molecule has 2 fully saturated rings. The molecule has 0 amide bonds. The van der Waals surface area contributed by atoms with Crippen LogP contribution in [0.2, 0.25) is 0 Å². The lowest BCUT2D eigenvalue weighted by Gasteiger charge is -2.40. The number of nitrogens with zero attached hydrogens (tertiary/aromatic N) is 1. The quantitative estimate of drug-likeness (QED) is 0.589. The van der Waals surface area contributed by atoms with Gasteiger partial charge >= 0.3 is 5.97 Å². The molecule has 1 aliphatic carbocycles. The Hall–Kier alpha value is -0.650. The van der Waals surface area contributed by atoms with E-state index in [0.717, 1.165) is 25.4 Å². The van der Waals surface area contributed by atoms with Gasteiger partial charge in [-0.1, -0.05) is 0 Å². The van der Waals surface area contributed by atoms with Crippen molar-refractivity contribution in [3.8, 4) is 0 Å². The number of carboxylic acids is 1. The van der Waals surface area contributed by atoms with Crippen molar-refractivity contribution in [2.24, 2.45) is 11.8 Å². The van der Waals surface area contributed by atoms with Gasteiger partial charge in [0.1, 0.15) is 0 Å². The second-order valence-corrected chi connectivity index (χ2v) is 6.03. The largest absolute Gasteiger partial charge is 0.481 e. The van der Waals surface area contributed by atoms with Crippen molar-refractivity contribution in [3.63, 3.8) is 0 Å². The highest BCUT2D eigenvalue weighted by molar-refractivity contribution is 5.70. The first-order chi connectivity index (χ1) is 9.11. The molecule has 0 bridgehead atoms. The van der Waals surface area contributed by atoms with Crippen LogP contribution < -0.4 is 5.32 Å². The standard InChI is InChI=1S/C14H26N2O3/c1-10(11-3-4-11)16-8-12(14(18)19)7-13(9-16)15-5-2-6-17/h10-13,15,17H,2-9H2,1H3,(H,18,19). The normalized spacial score (nSPS) is 30.2. The molecule has 3 N–H and O–H groups in total. The minimum atomic E-state index is -0.679. The van der Waals surface area contributed by atoms with E-state index in [-0.39, 0.29) is 18.6 Å². The van der Waals surface area contributed by atoms with Crippen molar-refractivity contribution in [1.29, 1.82) is 0 Å². The summed E-state index contributed by atoms with van der Waals surface area (Å²) in [5, 5.41) is 21.5. The van der Waals surface area contributed by atoms with E-state index in [4.69, 9.17) is 5.11 Å². The average Bonchev–Trinajstić information content (AvgIpc) is 3.22. The summed E-state index contributed by atoms with van der Waals surface area (Å²) in [5.74, 6) is -0.172. The van der Waals surface area contributed by atoms with E-state index in [1.165, 1.54) is 12.8 Å². The Morgan fingerprint density at radius 3 is 2.74 bits per heavy atom. The summed E-state index contributed by atoms with van der Waals surface area (Å²) in [6.07, 6.45) is 4.01. The fourth-order valence-corrected chi connectivity index (χ4v) is 3.05. The lowest BCUT2D eigenvalue weighted by molar-refractivity contribution is -0.144. The number of likely N-dealkylation sites (tertiary alicyclic amines) is 1. The summed E-state index contributed by atoms with van der Waals surface area (Å²) >= 11 is 0. The molecule has 5 nitrogen and oxygen atoms in total. The Morgan fingerprint density at radius 2 is 2.16 bits per heavy atom. The minimum absolute atomic E-state index is 0.185. The van der Waals surface area contributed by atoms with Crippen molar-refractivity contribution in [2.45, 2.75) is 44.7 Å². The van der Waals surface area contributed by atoms with Crippen LogP contribution in [0.15, 0.2) is 0 Å². The number of hydrogen-bond acceptors (Lipinski definition) is 4. The Bertz CT molecular complexity index is 307. The third kappa shape index (κ3) is 4.16. The Labute approximate surface area is 115 Å². The van der Waals surface area contributed by atoms with Gasteiger partial charge < -0.3 is 15.5 Å². The molecule has 5 heteroatoms. The molecule has 1 aliphatic heterocycles. The third-order valence-electron chi connectivity index (χ3n) is 4.48. The van der Waals surface area contributed by atoms with Gasteiger partial charge in [0.25, 0.3) is 0 Å². The van der Waals surface area contributed by atoms with Gasteiger partial charge in [0.15, 0.2) is 0 Å². The van der Waals surface area contributed by atoms with Crippen LogP contribution in [-0.2, 0) is 4.79 Å². The second-order valence-electron chi connectivity index (χ2n) is 6.03. The van der Waals surface area contributed by atoms with Crippen molar-refractivity contribution >= 4 is 5.97 Å². The van der Waals surface area contributed by atoms with Gasteiger partial charge in [-0.3, -0.25) is 9.69 Å². The minimum Gasteiger partial charge on any atom is -0.481 e. The molecule has 0 radical (unpaired) electrons. The SMILES string of the molecule is CC(C1CC1)N1CC(NCCCO)CC(C(=O)O)C1. The second kappa shape index (κ2) is 6.68. The molecule has 3 atom stereocenters. The fraction of sp³-hybridized carbons (Fsp3) is 0.929. The zero-order valence-corrected chi connectivity index (χ0v) is 11.7. The molecule has 2 aliphatic rings. The molecule has 0 aromatic heterocycles. The van der Waals surface area contributed by atoms with Gasteiger partial charge in [0.2, 0.25) is 0 Å². The molecule has 0 aromatic rings. The summed E-state index contributed by atoms with van der Waals surface area (Å²) in [6, 6.07) is 0.742. The van der Waals surface area contributed by atoms with Crippen LogP contribution in [0, 0.1) is 11.8 Å². The van der Waals surface area contributed by atoms with E-state index < -0.39 is 5.97 Å². The molecular weight excluding hydrogens is 244 g/mol. The number of rotatable bonds is 7. The summed E-state index contributed by atoms with van der Waals surface area (Å²) in [5.41, 5.74) is 0. The lowest BCUT2D eigenvalue weighted by Crippen LogP contribution is -2.54. The molecule has 1 saturated heterocycles. The predicted molar refractivity (Wildman–Crippen MR) is 73.0 cm³/mol. The molecular formula is C14H26N2O3. The Morgan fingerprint density at radius 1 is 1.42 bits per heavy atom. The first-order valence-electron chi connectivity index (χ1n) is 7.43. The van der Waals surface area contributed by atoms with Gasteiger partial charge in [-0.15, -0.1) is 0 Å². The molecule has 110 valence electrons. The third-order valence-corrected chi connectivity index (χ3v) is 4.48. The summed E-state index contributed by atoms with van der Waals surface area (Å²) in [7, 11) is 0. The first-order valence-corrected chi connectivity index (χ1v) is 7.43. The van der Waals surface area contributed by atoms with E-state index in [0.29, 0.717) is 19.0 Å². The first kappa shape index (κ1) is 14.8. The number of piperidine rings is 1. The molecule has 1 saturated carbocycles. The highest BCUT2D eigenvalue weighted by atomic mass is 16.4. The summed E-state index contributed by atoms with van der Waals surface area (Å²) in [6.45, 7) is 4.80. The van der Waals surface area contributed by atoms with Crippen LogP contribution in [-0.4, -0.2) is 59.4 Å². The van der Waals surface area contributed by atoms with Crippen LogP contribution in [0.25, 0.3) is 0 Å². The van der Waals surface area contributed by atoms with Crippen molar-refractivity contribution in [2.75, 3.05) is 26.2 Å². The van der Waals surface area contributed by atoms with E-state index in [1.807, 2.05) is 0 Å². The fourth-order valence-electron chi connectivity index (χ4n) is 3.05. The average molecular weight is 270 g/mol. The maximum absolute atomic E-state index is 11.3. The molecule has 1 heterocycles. The Balaban J connectivity index is 1.89. The Kier molecular flexibility index (Phi) is 5.19. The van der Waals surface area contributed by atoms with Crippen LogP contribution in [0.5, 0.6) is 0 Å². The highest BCUT2D eigenvalue weighted by Crippen LogP contribution is 2.36.